The number of rotatable bonds is 8. The van der Waals surface area contributed by atoms with Crippen LogP contribution in [0.1, 0.15) is 6.42 Å². The fourth-order valence-corrected chi connectivity index (χ4v) is 5.76. The van der Waals surface area contributed by atoms with Crippen molar-refractivity contribution >= 4 is 57.8 Å². The number of aliphatic carboxylic acids is 4. The number of carboxylic acids is 4. The number of piperazine rings is 1. The van der Waals surface area contributed by atoms with Crippen molar-refractivity contribution in [2.45, 2.75) is 16.2 Å². The van der Waals surface area contributed by atoms with Gasteiger partial charge in [-0.2, -0.15) is 0 Å². The van der Waals surface area contributed by atoms with Crippen LogP contribution in [0.15, 0.2) is 94.8 Å². The van der Waals surface area contributed by atoms with Crippen molar-refractivity contribution in [2.24, 2.45) is 0 Å². The molecule has 12 heteroatoms. The molecule has 0 amide bonds. The molecule has 1 saturated heterocycles. The van der Waals surface area contributed by atoms with Gasteiger partial charge < -0.3 is 35.1 Å². The molecule has 2 heterocycles. The molecule has 0 atom stereocenters. The summed E-state index contributed by atoms with van der Waals surface area (Å²) in [6.07, 6.45) is 3.42. The predicted octanol–water partition coefficient (Wildman–Crippen LogP) is 4.50. The maximum Gasteiger partial charge on any atom is 0.328 e. The summed E-state index contributed by atoms with van der Waals surface area (Å²) in [5.74, 6) is -5.03. The van der Waals surface area contributed by atoms with E-state index in [0.717, 1.165) is 6.54 Å². The Kier molecular flexibility index (Phi) is 13.0. The van der Waals surface area contributed by atoms with Gasteiger partial charge in [-0.1, -0.05) is 54.2 Å². The fourth-order valence-electron chi connectivity index (χ4n) is 4.64. The van der Waals surface area contributed by atoms with Gasteiger partial charge in [0.05, 0.1) is 11.4 Å². The normalized spacial score (nSPS) is 14.6. The number of fused-ring (bicyclic) bond motifs is 4. The van der Waals surface area contributed by atoms with E-state index in [4.69, 9.17) is 20.4 Å². The van der Waals surface area contributed by atoms with Crippen molar-refractivity contribution in [1.29, 1.82) is 0 Å². The fraction of sp³-hybridized carbons (Fsp3) is 0.250. The van der Waals surface area contributed by atoms with Crippen molar-refractivity contribution in [3.63, 3.8) is 0 Å². The third-order valence-electron chi connectivity index (χ3n) is 6.70. The minimum absolute atomic E-state index is 0.558. The van der Waals surface area contributed by atoms with Crippen LogP contribution in [0.5, 0.6) is 0 Å². The molecule has 2 aliphatic heterocycles. The standard InChI is InChI=1S/C24H27N3S.2C4H4O4/c1-25-15-17-26(18-16-25)13-6-14-27-21-9-4-5-10-22(21)28-23-12-11-19-7-2-3-8-20(19)24(23)27;2*5-3(6)1-2-4(7)8/h2-5,7-12H,6,13-18H2,1H3;2*1-2H,(H,5,6)(H,7,8)/b;2*2-1-. The number of nitrogens with zero attached hydrogens (tertiary/aromatic N) is 3. The molecule has 2 aliphatic rings. The molecule has 0 spiro atoms. The van der Waals surface area contributed by atoms with E-state index in [1.54, 1.807) is 0 Å². The van der Waals surface area contributed by atoms with E-state index in [1.807, 2.05) is 11.8 Å². The average Bonchev–Trinajstić information content (AvgIpc) is 3.00. The number of carboxylic acid groups (broad SMARTS) is 4. The van der Waals surface area contributed by atoms with E-state index in [9.17, 15) is 19.2 Å². The highest BCUT2D eigenvalue weighted by Gasteiger charge is 2.25. The lowest BCUT2D eigenvalue weighted by atomic mass is 10.1. The molecule has 0 saturated carbocycles. The zero-order valence-electron chi connectivity index (χ0n) is 24.2. The van der Waals surface area contributed by atoms with Gasteiger partial charge in [0.15, 0.2) is 0 Å². The van der Waals surface area contributed by atoms with Crippen molar-refractivity contribution in [1.82, 2.24) is 9.80 Å². The monoisotopic (exact) mass is 621 g/mol. The largest absolute Gasteiger partial charge is 0.478 e. The van der Waals surface area contributed by atoms with Gasteiger partial charge in [-0.25, -0.2) is 19.2 Å². The van der Waals surface area contributed by atoms with Crippen LogP contribution in [0.4, 0.5) is 11.4 Å². The first-order chi connectivity index (χ1) is 21.0. The summed E-state index contributed by atoms with van der Waals surface area (Å²) in [5, 5.41) is 33.9. The van der Waals surface area contributed by atoms with Crippen LogP contribution < -0.4 is 4.90 Å². The lowest BCUT2D eigenvalue weighted by molar-refractivity contribution is -0.134. The minimum atomic E-state index is -1.26. The molecule has 5 rings (SSSR count). The second kappa shape index (κ2) is 16.8. The lowest BCUT2D eigenvalue weighted by Crippen LogP contribution is -2.45. The van der Waals surface area contributed by atoms with Crippen LogP contribution >= 0.6 is 11.8 Å². The Bertz CT molecular complexity index is 1470. The van der Waals surface area contributed by atoms with Crippen LogP contribution in [0, 0.1) is 0 Å². The Morgan fingerprint density at radius 3 is 1.82 bits per heavy atom. The number of hydrogen-bond donors (Lipinski definition) is 4. The van der Waals surface area contributed by atoms with E-state index in [2.05, 4.69) is 82.4 Å². The number of para-hydroxylation sites is 1. The molecule has 3 aromatic rings. The molecule has 1 fully saturated rings. The second-order valence-corrected chi connectivity index (χ2v) is 11.0. The molecule has 0 bridgehead atoms. The number of anilines is 2. The van der Waals surface area contributed by atoms with E-state index >= 15 is 0 Å². The van der Waals surface area contributed by atoms with Crippen molar-refractivity contribution in [2.75, 3.05) is 51.2 Å². The number of likely N-dealkylation sites (N-methyl/N-ethyl adjacent to an activating group) is 1. The summed E-state index contributed by atoms with van der Waals surface area (Å²) >= 11 is 1.91. The van der Waals surface area contributed by atoms with Crippen LogP contribution in [-0.4, -0.2) is 100 Å². The molecular formula is C32H35N3O8S. The molecule has 0 aromatic heterocycles. The summed E-state index contributed by atoms with van der Waals surface area (Å²) in [7, 11) is 2.22. The van der Waals surface area contributed by atoms with Crippen molar-refractivity contribution in [3.8, 4) is 0 Å². The topological polar surface area (TPSA) is 159 Å². The molecular weight excluding hydrogens is 586 g/mol. The van der Waals surface area contributed by atoms with Gasteiger partial charge in [0.1, 0.15) is 0 Å². The van der Waals surface area contributed by atoms with Gasteiger partial charge in [0.25, 0.3) is 0 Å². The predicted molar refractivity (Wildman–Crippen MR) is 169 cm³/mol. The Morgan fingerprint density at radius 2 is 1.23 bits per heavy atom. The van der Waals surface area contributed by atoms with Gasteiger partial charge >= 0.3 is 23.9 Å². The van der Waals surface area contributed by atoms with E-state index in [0.29, 0.717) is 24.3 Å². The summed E-state index contributed by atoms with van der Waals surface area (Å²) in [6.45, 7) is 7.02. The Balaban J connectivity index is 0.000000275. The molecule has 11 nitrogen and oxygen atoms in total. The smallest absolute Gasteiger partial charge is 0.328 e. The maximum atomic E-state index is 9.55. The first kappa shape index (κ1) is 33.8. The highest BCUT2D eigenvalue weighted by atomic mass is 32.2. The van der Waals surface area contributed by atoms with Gasteiger partial charge in [0, 0.05) is 72.2 Å². The Hall–Kier alpha value is -4.65. The highest BCUT2D eigenvalue weighted by molar-refractivity contribution is 7.99. The van der Waals surface area contributed by atoms with E-state index in [1.165, 1.54) is 71.1 Å². The Morgan fingerprint density at radius 1 is 0.682 bits per heavy atom. The van der Waals surface area contributed by atoms with E-state index < -0.39 is 23.9 Å². The van der Waals surface area contributed by atoms with Crippen molar-refractivity contribution < 1.29 is 39.6 Å². The van der Waals surface area contributed by atoms with Crippen molar-refractivity contribution in [3.05, 3.63) is 85.0 Å². The molecule has 3 aromatic carbocycles. The van der Waals surface area contributed by atoms with Crippen LogP contribution in [0.25, 0.3) is 10.8 Å². The third kappa shape index (κ3) is 10.6. The molecule has 232 valence electrons. The number of hydrogen-bond acceptors (Lipinski definition) is 8. The zero-order chi connectivity index (χ0) is 32.1. The summed E-state index contributed by atoms with van der Waals surface area (Å²) in [4.78, 5) is 48.6. The first-order valence-electron chi connectivity index (χ1n) is 13.8. The summed E-state index contributed by atoms with van der Waals surface area (Å²) in [6, 6.07) is 22.2. The van der Waals surface area contributed by atoms with Gasteiger partial charge in [-0.05, 0) is 43.6 Å². The summed E-state index contributed by atoms with van der Waals surface area (Å²) < 4.78 is 0. The SMILES string of the molecule is CN1CCN(CCCN2c3ccccc3Sc3ccc4ccccc4c32)CC1.O=C(O)/C=C\C(=O)O.O=C(O)/C=C\C(=O)O. The second-order valence-electron chi connectivity index (χ2n) is 9.87. The molecule has 44 heavy (non-hydrogen) atoms. The first-order valence-corrected chi connectivity index (χ1v) is 14.6. The van der Waals surface area contributed by atoms with Gasteiger partial charge in [-0.3, -0.25) is 0 Å². The van der Waals surface area contributed by atoms with E-state index in [-0.39, 0.29) is 0 Å². The Labute approximate surface area is 259 Å². The molecule has 0 unspecified atom stereocenters. The number of benzene rings is 3. The maximum absolute atomic E-state index is 9.55. The molecule has 0 aliphatic carbocycles. The molecule has 0 radical (unpaired) electrons. The summed E-state index contributed by atoms with van der Waals surface area (Å²) in [5.41, 5.74) is 2.75. The minimum Gasteiger partial charge on any atom is -0.478 e. The quantitative estimate of drug-likeness (QED) is 0.261. The third-order valence-corrected chi connectivity index (χ3v) is 7.81. The molecule has 4 N–H and O–H groups in total. The van der Waals surface area contributed by atoms with Crippen LogP contribution in [0.2, 0.25) is 0 Å². The van der Waals surface area contributed by atoms with Gasteiger partial charge in [0.2, 0.25) is 0 Å². The van der Waals surface area contributed by atoms with Crippen LogP contribution in [0.3, 0.4) is 0 Å². The highest BCUT2D eigenvalue weighted by Crippen LogP contribution is 2.50. The van der Waals surface area contributed by atoms with Gasteiger partial charge in [-0.15, -0.1) is 0 Å². The average molecular weight is 622 g/mol. The number of carbonyl (C=O) groups is 4. The van der Waals surface area contributed by atoms with Crippen LogP contribution in [-0.2, 0) is 19.2 Å². The lowest BCUT2D eigenvalue weighted by Gasteiger charge is -2.36. The zero-order valence-corrected chi connectivity index (χ0v) is 25.0.